The lowest BCUT2D eigenvalue weighted by Crippen LogP contribution is -2.34. The van der Waals surface area contributed by atoms with E-state index in [1.54, 1.807) is 4.52 Å². The summed E-state index contributed by atoms with van der Waals surface area (Å²) in [4.78, 5) is 21.1. The minimum Gasteiger partial charge on any atom is -0.481 e. The molecule has 0 aliphatic carbocycles. The fourth-order valence-electron chi connectivity index (χ4n) is 1.97. The van der Waals surface area contributed by atoms with E-state index < -0.39 is 5.97 Å². The monoisotopic (exact) mass is 263 g/mol. The van der Waals surface area contributed by atoms with Crippen LogP contribution in [-0.4, -0.2) is 43.2 Å². The summed E-state index contributed by atoms with van der Waals surface area (Å²) in [6.45, 7) is 6.33. The number of anilines is 1. The maximum absolute atomic E-state index is 10.8. The highest BCUT2D eigenvalue weighted by molar-refractivity contribution is 5.67. The second-order valence-electron chi connectivity index (χ2n) is 4.66. The van der Waals surface area contributed by atoms with Gasteiger partial charge in [-0.1, -0.05) is 0 Å². The van der Waals surface area contributed by atoms with Gasteiger partial charge in [-0.05, 0) is 20.8 Å². The lowest BCUT2D eigenvalue weighted by atomic mass is 10.2. The van der Waals surface area contributed by atoms with Crippen molar-refractivity contribution in [1.29, 1.82) is 0 Å². The maximum Gasteiger partial charge on any atom is 0.305 e. The molecule has 0 atom stereocenters. The molecule has 7 nitrogen and oxygen atoms in total. The number of carboxylic acid groups (broad SMARTS) is 1. The smallest absolute Gasteiger partial charge is 0.305 e. The molecule has 0 aliphatic heterocycles. The van der Waals surface area contributed by atoms with Crippen LogP contribution in [0.25, 0.3) is 5.78 Å². The summed E-state index contributed by atoms with van der Waals surface area (Å²) >= 11 is 0. The van der Waals surface area contributed by atoms with Crippen LogP contribution >= 0.6 is 0 Å². The van der Waals surface area contributed by atoms with Crippen LogP contribution in [0.2, 0.25) is 0 Å². The molecule has 0 aromatic carbocycles. The first-order valence-corrected chi connectivity index (χ1v) is 6.15. The van der Waals surface area contributed by atoms with E-state index in [0.29, 0.717) is 12.3 Å². The summed E-state index contributed by atoms with van der Waals surface area (Å²) in [7, 11) is 0. The number of nitrogens with zero attached hydrogens (tertiary/aromatic N) is 5. The minimum atomic E-state index is -0.814. The molecule has 2 rings (SSSR count). The van der Waals surface area contributed by atoms with E-state index in [2.05, 4.69) is 15.1 Å². The van der Waals surface area contributed by atoms with Crippen LogP contribution in [0.5, 0.6) is 0 Å². The van der Waals surface area contributed by atoms with Crippen molar-refractivity contribution in [1.82, 2.24) is 19.6 Å². The van der Waals surface area contributed by atoms with Gasteiger partial charge in [0, 0.05) is 24.3 Å². The van der Waals surface area contributed by atoms with E-state index in [1.807, 2.05) is 31.7 Å². The Balaban J connectivity index is 2.43. The molecule has 2 heterocycles. The number of rotatable bonds is 5. The van der Waals surface area contributed by atoms with Crippen molar-refractivity contribution in [3.8, 4) is 0 Å². The summed E-state index contributed by atoms with van der Waals surface area (Å²) in [5.74, 6) is 0.526. The summed E-state index contributed by atoms with van der Waals surface area (Å²) in [5, 5.41) is 13.0. The molecule has 2 aromatic heterocycles. The molecule has 102 valence electrons. The van der Waals surface area contributed by atoms with Gasteiger partial charge in [0.15, 0.2) is 0 Å². The Bertz CT molecular complexity index is 593. The molecule has 19 heavy (non-hydrogen) atoms. The normalized spacial score (nSPS) is 11.2. The molecule has 1 N–H and O–H groups in total. The second kappa shape index (κ2) is 5.21. The summed E-state index contributed by atoms with van der Waals surface area (Å²) in [6, 6.07) is 2.05. The van der Waals surface area contributed by atoms with Crippen LogP contribution in [0, 0.1) is 6.92 Å². The topological polar surface area (TPSA) is 83.6 Å². The fourth-order valence-corrected chi connectivity index (χ4v) is 1.97. The van der Waals surface area contributed by atoms with Crippen molar-refractivity contribution >= 4 is 17.6 Å². The zero-order valence-electron chi connectivity index (χ0n) is 11.2. The quantitative estimate of drug-likeness (QED) is 0.870. The van der Waals surface area contributed by atoms with Crippen molar-refractivity contribution in [2.45, 2.75) is 33.2 Å². The zero-order chi connectivity index (χ0) is 14.0. The summed E-state index contributed by atoms with van der Waals surface area (Å²) in [5.41, 5.74) is 0.830. The number of aryl methyl sites for hydroxylation is 1. The number of aliphatic carboxylic acids is 1. The van der Waals surface area contributed by atoms with E-state index in [4.69, 9.17) is 5.11 Å². The Morgan fingerprint density at radius 1 is 1.53 bits per heavy atom. The number of aromatic nitrogens is 4. The van der Waals surface area contributed by atoms with Gasteiger partial charge in [-0.15, -0.1) is 0 Å². The number of carbonyl (C=O) groups is 1. The first kappa shape index (κ1) is 13.3. The maximum atomic E-state index is 10.8. The highest BCUT2D eigenvalue weighted by Crippen LogP contribution is 2.18. The molecule has 0 radical (unpaired) electrons. The third-order valence-corrected chi connectivity index (χ3v) is 2.85. The average Bonchev–Trinajstić information content (AvgIpc) is 2.75. The zero-order valence-corrected chi connectivity index (χ0v) is 11.2. The summed E-state index contributed by atoms with van der Waals surface area (Å²) < 4.78 is 1.63. The molecule has 0 unspecified atom stereocenters. The molecule has 2 aromatic rings. The van der Waals surface area contributed by atoms with Gasteiger partial charge < -0.3 is 10.0 Å². The molecule has 7 heteroatoms. The van der Waals surface area contributed by atoms with E-state index in [-0.39, 0.29) is 12.5 Å². The van der Waals surface area contributed by atoms with Gasteiger partial charge in [0.1, 0.15) is 12.1 Å². The highest BCUT2D eigenvalue weighted by Gasteiger charge is 2.17. The van der Waals surface area contributed by atoms with E-state index in [9.17, 15) is 4.79 Å². The molecule has 0 saturated carbocycles. The van der Waals surface area contributed by atoms with E-state index in [1.165, 1.54) is 6.33 Å². The van der Waals surface area contributed by atoms with Gasteiger partial charge in [-0.25, -0.2) is 4.98 Å². The third kappa shape index (κ3) is 2.81. The third-order valence-electron chi connectivity index (χ3n) is 2.85. The molecular weight excluding hydrogens is 246 g/mol. The lowest BCUT2D eigenvalue weighted by molar-refractivity contribution is -0.136. The van der Waals surface area contributed by atoms with Gasteiger partial charge in [0.05, 0.1) is 6.42 Å². The van der Waals surface area contributed by atoms with Crippen LogP contribution in [0.3, 0.4) is 0 Å². The Labute approximate surface area is 110 Å². The molecule has 0 spiro atoms. The van der Waals surface area contributed by atoms with Crippen molar-refractivity contribution in [2.75, 3.05) is 11.4 Å². The Morgan fingerprint density at radius 2 is 2.26 bits per heavy atom. The first-order valence-electron chi connectivity index (χ1n) is 6.15. The van der Waals surface area contributed by atoms with Crippen LogP contribution in [0.15, 0.2) is 12.4 Å². The van der Waals surface area contributed by atoms with Crippen molar-refractivity contribution in [2.24, 2.45) is 0 Å². The highest BCUT2D eigenvalue weighted by atomic mass is 16.4. The van der Waals surface area contributed by atoms with Crippen LogP contribution in [-0.2, 0) is 4.79 Å². The largest absolute Gasteiger partial charge is 0.481 e. The van der Waals surface area contributed by atoms with Gasteiger partial charge in [0.25, 0.3) is 5.78 Å². The lowest BCUT2D eigenvalue weighted by Gasteiger charge is -2.28. The van der Waals surface area contributed by atoms with E-state index >= 15 is 0 Å². The Morgan fingerprint density at radius 3 is 2.89 bits per heavy atom. The van der Waals surface area contributed by atoms with Crippen molar-refractivity contribution < 1.29 is 9.90 Å². The van der Waals surface area contributed by atoms with Crippen molar-refractivity contribution in [3.05, 3.63) is 18.1 Å². The van der Waals surface area contributed by atoms with Gasteiger partial charge >= 0.3 is 5.97 Å². The predicted octanol–water partition coefficient (Wildman–Crippen LogP) is 1.12. The van der Waals surface area contributed by atoms with E-state index in [0.717, 1.165) is 11.5 Å². The number of fused-ring (bicyclic) bond motifs is 1. The van der Waals surface area contributed by atoms with Crippen LogP contribution in [0.4, 0.5) is 5.82 Å². The second-order valence-corrected chi connectivity index (χ2v) is 4.66. The Kier molecular flexibility index (Phi) is 3.64. The van der Waals surface area contributed by atoms with Gasteiger partial charge in [0.2, 0.25) is 0 Å². The molecular formula is C12H17N5O2. The van der Waals surface area contributed by atoms with Crippen LogP contribution in [0.1, 0.15) is 26.0 Å². The molecule has 0 saturated heterocycles. The first-order chi connectivity index (χ1) is 8.99. The van der Waals surface area contributed by atoms with Crippen LogP contribution < -0.4 is 4.90 Å². The molecule has 0 aliphatic rings. The predicted molar refractivity (Wildman–Crippen MR) is 70.3 cm³/mol. The Hall–Kier alpha value is -2.18. The SMILES string of the molecule is Cc1cc(N(CCC(=O)O)C(C)C)n2ncnc2n1. The number of carboxylic acids is 1. The molecule has 0 bridgehead atoms. The fraction of sp³-hybridized carbons (Fsp3) is 0.500. The van der Waals surface area contributed by atoms with Gasteiger partial charge in [-0.3, -0.25) is 4.79 Å². The molecule has 0 fully saturated rings. The average molecular weight is 263 g/mol. The minimum absolute atomic E-state index is 0.0791. The number of hydrogen-bond donors (Lipinski definition) is 1. The number of hydrogen-bond acceptors (Lipinski definition) is 5. The summed E-state index contributed by atoms with van der Waals surface area (Å²) in [6.07, 6.45) is 1.52. The van der Waals surface area contributed by atoms with Crippen molar-refractivity contribution in [3.63, 3.8) is 0 Å². The van der Waals surface area contributed by atoms with Gasteiger partial charge in [-0.2, -0.15) is 14.6 Å². The molecule has 0 amide bonds. The standard InChI is InChI=1S/C12H17N5O2/c1-8(2)16(5-4-11(18)19)10-6-9(3)15-12-13-7-14-17(10)12/h6-8H,4-5H2,1-3H3,(H,18,19).